The summed E-state index contributed by atoms with van der Waals surface area (Å²) < 4.78 is 17.0. The van der Waals surface area contributed by atoms with Crippen molar-refractivity contribution >= 4 is 16.8 Å². The molecule has 3 nitrogen and oxygen atoms in total. The fraction of sp³-hybridized carbons (Fsp3) is 0.417. The summed E-state index contributed by atoms with van der Waals surface area (Å²) in [5.74, 6) is -0.382. The Kier molecular flexibility index (Phi) is 5.19. The molecule has 0 saturated carbocycles. The van der Waals surface area contributed by atoms with E-state index < -0.39 is 16.0 Å². The van der Waals surface area contributed by atoms with Crippen molar-refractivity contribution in [3.63, 3.8) is 0 Å². The summed E-state index contributed by atoms with van der Waals surface area (Å²) in [6.45, 7) is 3.90. The number of carbonyl (C=O) groups excluding carboxylic acids is 1. The first-order chi connectivity index (χ1) is 7.70. The molecule has 1 aromatic rings. The SMILES string of the molecule is CCOC(=O)C(CC)S(=O)c1ccccc1. The molecule has 0 spiro atoms. The van der Waals surface area contributed by atoms with Crippen molar-refractivity contribution in [3.05, 3.63) is 30.3 Å². The summed E-state index contributed by atoms with van der Waals surface area (Å²) in [5.41, 5.74) is 0. The molecule has 0 bridgehead atoms. The largest absolute Gasteiger partial charge is 0.465 e. The summed E-state index contributed by atoms with van der Waals surface area (Å²) in [5, 5.41) is -0.567. The minimum atomic E-state index is -1.33. The molecular formula is C12H16O3S. The molecule has 4 heteroatoms. The molecule has 0 fully saturated rings. The zero-order chi connectivity index (χ0) is 12.0. The van der Waals surface area contributed by atoms with E-state index in [4.69, 9.17) is 4.74 Å². The van der Waals surface area contributed by atoms with Gasteiger partial charge in [0.05, 0.1) is 17.4 Å². The van der Waals surface area contributed by atoms with Gasteiger partial charge in [0.15, 0.2) is 0 Å². The van der Waals surface area contributed by atoms with Gasteiger partial charge >= 0.3 is 5.97 Å². The molecule has 0 aliphatic heterocycles. The molecule has 0 heterocycles. The molecule has 2 atom stereocenters. The smallest absolute Gasteiger partial charge is 0.322 e. The van der Waals surface area contributed by atoms with Crippen LogP contribution in [0.2, 0.25) is 0 Å². The van der Waals surface area contributed by atoms with E-state index in [1.807, 2.05) is 25.1 Å². The molecule has 1 rings (SSSR count). The average Bonchev–Trinajstić information content (AvgIpc) is 2.31. The molecule has 0 radical (unpaired) electrons. The third-order valence-electron chi connectivity index (χ3n) is 2.15. The highest BCUT2D eigenvalue weighted by molar-refractivity contribution is 7.86. The van der Waals surface area contributed by atoms with Crippen molar-refractivity contribution in [1.29, 1.82) is 0 Å². The van der Waals surface area contributed by atoms with Crippen LogP contribution in [0.25, 0.3) is 0 Å². The van der Waals surface area contributed by atoms with Gasteiger partial charge in [-0.05, 0) is 25.5 Å². The summed E-state index contributed by atoms with van der Waals surface area (Å²) in [7, 11) is -1.33. The predicted molar refractivity (Wildman–Crippen MR) is 63.6 cm³/mol. The van der Waals surface area contributed by atoms with Crippen molar-refractivity contribution in [3.8, 4) is 0 Å². The van der Waals surface area contributed by atoms with Crippen molar-refractivity contribution in [2.24, 2.45) is 0 Å². The van der Waals surface area contributed by atoms with E-state index in [2.05, 4.69) is 0 Å². The minimum absolute atomic E-state index is 0.321. The second kappa shape index (κ2) is 6.43. The van der Waals surface area contributed by atoms with Crippen LogP contribution in [0.4, 0.5) is 0 Å². The Bertz CT molecular complexity index is 362. The number of ether oxygens (including phenoxy) is 1. The number of esters is 1. The Morgan fingerprint density at radius 3 is 2.44 bits per heavy atom. The highest BCUT2D eigenvalue weighted by atomic mass is 32.2. The number of hydrogen-bond donors (Lipinski definition) is 0. The molecular weight excluding hydrogens is 224 g/mol. The van der Waals surface area contributed by atoms with Crippen LogP contribution in [0.15, 0.2) is 35.2 Å². The predicted octanol–water partition coefficient (Wildman–Crippen LogP) is 2.14. The van der Waals surface area contributed by atoms with Gasteiger partial charge in [0.1, 0.15) is 5.25 Å². The quantitative estimate of drug-likeness (QED) is 0.741. The van der Waals surface area contributed by atoms with Crippen LogP contribution in [0, 0.1) is 0 Å². The lowest BCUT2D eigenvalue weighted by molar-refractivity contribution is -0.142. The van der Waals surface area contributed by atoms with E-state index in [9.17, 15) is 9.00 Å². The first-order valence-corrected chi connectivity index (χ1v) is 6.54. The van der Waals surface area contributed by atoms with E-state index in [0.717, 1.165) is 0 Å². The van der Waals surface area contributed by atoms with E-state index in [0.29, 0.717) is 17.9 Å². The molecule has 1 aromatic carbocycles. The van der Waals surface area contributed by atoms with Crippen molar-refractivity contribution in [1.82, 2.24) is 0 Å². The lowest BCUT2D eigenvalue weighted by Gasteiger charge is -2.12. The van der Waals surface area contributed by atoms with E-state index in [-0.39, 0.29) is 5.97 Å². The number of hydrogen-bond acceptors (Lipinski definition) is 3. The maximum absolute atomic E-state index is 12.1. The van der Waals surface area contributed by atoms with E-state index >= 15 is 0 Å². The highest BCUT2D eigenvalue weighted by Gasteiger charge is 2.25. The topological polar surface area (TPSA) is 43.4 Å². The lowest BCUT2D eigenvalue weighted by atomic mass is 10.3. The van der Waals surface area contributed by atoms with Gasteiger partial charge in [0, 0.05) is 4.90 Å². The Labute approximate surface area is 98.3 Å². The van der Waals surface area contributed by atoms with Gasteiger partial charge in [-0.15, -0.1) is 0 Å². The molecule has 0 aliphatic rings. The third kappa shape index (κ3) is 3.17. The fourth-order valence-electron chi connectivity index (χ4n) is 1.36. The van der Waals surface area contributed by atoms with Gasteiger partial charge in [-0.2, -0.15) is 0 Å². The van der Waals surface area contributed by atoms with Gasteiger partial charge in [-0.1, -0.05) is 25.1 Å². The first kappa shape index (κ1) is 12.9. The first-order valence-electron chi connectivity index (χ1n) is 5.33. The second-order valence-corrected chi connectivity index (χ2v) is 4.89. The molecule has 16 heavy (non-hydrogen) atoms. The zero-order valence-electron chi connectivity index (χ0n) is 9.51. The van der Waals surface area contributed by atoms with Gasteiger partial charge < -0.3 is 4.74 Å². The van der Waals surface area contributed by atoms with Crippen molar-refractivity contribution in [2.75, 3.05) is 6.61 Å². The van der Waals surface area contributed by atoms with Crippen LogP contribution < -0.4 is 0 Å². The normalized spacial score (nSPS) is 14.1. The van der Waals surface area contributed by atoms with Crippen molar-refractivity contribution < 1.29 is 13.7 Å². The second-order valence-electron chi connectivity index (χ2n) is 3.26. The highest BCUT2D eigenvalue weighted by Crippen LogP contribution is 2.14. The van der Waals surface area contributed by atoms with Gasteiger partial charge in [-0.25, -0.2) is 0 Å². The molecule has 0 saturated heterocycles. The Morgan fingerprint density at radius 2 is 1.94 bits per heavy atom. The number of rotatable bonds is 5. The molecule has 88 valence electrons. The minimum Gasteiger partial charge on any atom is -0.465 e. The Morgan fingerprint density at radius 1 is 1.31 bits per heavy atom. The van der Waals surface area contributed by atoms with Crippen LogP contribution in [0.5, 0.6) is 0 Å². The standard InChI is InChI=1S/C12H16O3S/c1-3-11(12(13)15-4-2)16(14)10-8-6-5-7-9-10/h5-9,11H,3-4H2,1-2H3. The van der Waals surface area contributed by atoms with Crippen LogP contribution in [0.1, 0.15) is 20.3 Å². The molecule has 0 N–H and O–H groups in total. The molecule has 2 unspecified atom stereocenters. The molecule has 0 amide bonds. The number of carbonyl (C=O) groups is 1. The van der Waals surface area contributed by atoms with Crippen LogP contribution >= 0.6 is 0 Å². The monoisotopic (exact) mass is 240 g/mol. The lowest BCUT2D eigenvalue weighted by Crippen LogP contribution is -2.27. The molecule has 0 aliphatic carbocycles. The van der Waals surface area contributed by atoms with Crippen LogP contribution in [-0.2, 0) is 20.3 Å². The average molecular weight is 240 g/mol. The van der Waals surface area contributed by atoms with Gasteiger partial charge in [0.25, 0.3) is 0 Å². The fourth-order valence-corrected chi connectivity index (χ4v) is 2.66. The van der Waals surface area contributed by atoms with Crippen molar-refractivity contribution in [2.45, 2.75) is 30.4 Å². The van der Waals surface area contributed by atoms with Crippen LogP contribution in [-0.4, -0.2) is 22.0 Å². The van der Waals surface area contributed by atoms with Gasteiger partial charge in [-0.3, -0.25) is 9.00 Å². The summed E-state index contributed by atoms with van der Waals surface area (Å²) >= 11 is 0. The summed E-state index contributed by atoms with van der Waals surface area (Å²) in [6, 6.07) is 9.00. The van der Waals surface area contributed by atoms with Crippen LogP contribution in [0.3, 0.4) is 0 Å². The van der Waals surface area contributed by atoms with Gasteiger partial charge in [0.2, 0.25) is 0 Å². The van der Waals surface area contributed by atoms with E-state index in [1.165, 1.54) is 0 Å². The zero-order valence-corrected chi connectivity index (χ0v) is 10.3. The molecule has 0 aromatic heterocycles. The Balaban J connectivity index is 2.82. The summed E-state index contributed by atoms with van der Waals surface area (Å²) in [4.78, 5) is 12.2. The maximum atomic E-state index is 12.1. The third-order valence-corrected chi connectivity index (χ3v) is 3.93. The maximum Gasteiger partial charge on any atom is 0.322 e. The number of benzene rings is 1. The summed E-state index contributed by atoms with van der Waals surface area (Å²) in [6.07, 6.45) is 0.514. The Hall–Kier alpha value is -1.16. The van der Waals surface area contributed by atoms with E-state index in [1.54, 1.807) is 19.1 Å².